The maximum Gasteiger partial charge on any atom is 0.244 e. The molecule has 2 N–H and O–H groups in total. The quantitative estimate of drug-likeness (QED) is 0.903. The van der Waals surface area contributed by atoms with E-state index in [1.165, 1.54) is 23.5 Å². The lowest BCUT2D eigenvalue weighted by Gasteiger charge is -2.34. The van der Waals surface area contributed by atoms with E-state index in [0.29, 0.717) is 5.75 Å². The average molecular weight is 346 g/mol. The maximum atomic E-state index is 13.0. The molecule has 3 rings (SSSR count). The SMILES string of the molecule is COc1ccc(S(=O)(=O)N2Cc3ccccc3C[C@@H]2C(N)=O)cc1. The van der Waals surface area contributed by atoms with E-state index >= 15 is 0 Å². The van der Waals surface area contributed by atoms with Gasteiger partial charge in [0.15, 0.2) is 0 Å². The van der Waals surface area contributed by atoms with Crippen molar-refractivity contribution in [3.63, 3.8) is 0 Å². The summed E-state index contributed by atoms with van der Waals surface area (Å²) in [6.07, 6.45) is 0.279. The number of sulfonamides is 1. The molecule has 2 aromatic rings. The number of carbonyl (C=O) groups excluding carboxylic acids is 1. The first-order valence-corrected chi connectivity index (χ1v) is 8.89. The molecule has 0 radical (unpaired) electrons. The fraction of sp³-hybridized carbons (Fsp3) is 0.235. The number of rotatable bonds is 4. The summed E-state index contributed by atoms with van der Waals surface area (Å²) in [6.45, 7) is 0.123. The largest absolute Gasteiger partial charge is 0.497 e. The molecular weight excluding hydrogens is 328 g/mol. The number of amides is 1. The van der Waals surface area contributed by atoms with Gasteiger partial charge < -0.3 is 10.5 Å². The predicted octanol–water partition coefficient (Wildman–Crippen LogP) is 1.30. The van der Waals surface area contributed by atoms with Crippen molar-refractivity contribution in [2.45, 2.75) is 23.9 Å². The van der Waals surface area contributed by atoms with Crippen molar-refractivity contribution in [3.05, 3.63) is 59.7 Å². The second-order valence-corrected chi connectivity index (χ2v) is 7.51. The summed E-state index contributed by atoms with van der Waals surface area (Å²) in [7, 11) is -2.34. The molecule has 1 atom stereocenters. The highest BCUT2D eigenvalue weighted by Crippen LogP contribution is 2.29. The molecule has 1 amide bonds. The monoisotopic (exact) mass is 346 g/mol. The van der Waals surface area contributed by atoms with Gasteiger partial charge in [-0.3, -0.25) is 4.79 Å². The zero-order chi connectivity index (χ0) is 17.3. The number of fused-ring (bicyclic) bond motifs is 1. The van der Waals surface area contributed by atoms with Crippen LogP contribution in [0.25, 0.3) is 0 Å². The first-order valence-electron chi connectivity index (χ1n) is 7.45. The minimum atomic E-state index is -3.85. The van der Waals surface area contributed by atoms with Crippen LogP contribution >= 0.6 is 0 Å². The van der Waals surface area contributed by atoms with Gasteiger partial charge in [0.25, 0.3) is 0 Å². The Kier molecular flexibility index (Phi) is 4.29. The van der Waals surface area contributed by atoms with Crippen LogP contribution in [0.1, 0.15) is 11.1 Å². The Morgan fingerprint density at radius 1 is 1.12 bits per heavy atom. The molecule has 1 heterocycles. The second kappa shape index (κ2) is 6.26. The molecule has 24 heavy (non-hydrogen) atoms. The van der Waals surface area contributed by atoms with Gasteiger partial charge in [0.05, 0.1) is 12.0 Å². The molecule has 0 aliphatic carbocycles. The Morgan fingerprint density at radius 3 is 2.33 bits per heavy atom. The molecule has 0 fully saturated rings. The summed E-state index contributed by atoms with van der Waals surface area (Å²) in [5, 5.41) is 0. The molecular formula is C17H18N2O4S. The molecule has 0 aromatic heterocycles. The molecule has 1 aliphatic heterocycles. The maximum absolute atomic E-state index is 13.0. The third kappa shape index (κ3) is 2.88. The summed E-state index contributed by atoms with van der Waals surface area (Å²) in [5.41, 5.74) is 7.30. The van der Waals surface area contributed by atoms with Crippen molar-refractivity contribution < 1.29 is 17.9 Å². The molecule has 0 saturated carbocycles. The lowest BCUT2D eigenvalue weighted by atomic mass is 9.96. The molecule has 7 heteroatoms. The number of hydrogen-bond acceptors (Lipinski definition) is 4. The molecule has 0 spiro atoms. The van der Waals surface area contributed by atoms with E-state index in [2.05, 4.69) is 0 Å². The van der Waals surface area contributed by atoms with E-state index in [1.807, 2.05) is 24.3 Å². The number of primary amides is 1. The Labute approximate surface area is 140 Å². The third-order valence-corrected chi connectivity index (χ3v) is 6.07. The van der Waals surface area contributed by atoms with Gasteiger partial charge in [-0.15, -0.1) is 0 Å². The van der Waals surface area contributed by atoms with Crippen molar-refractivity contribution in [1.82, 2.24) is 4.31 Å². The van der Waals surface area contributed by atoms with Crippen LogP contribution in [0.3, 0.4) is 0 Å². The van der Waals surface area contributed by atoms with E-state index < -0.39 is 22.0 Å². The fourth-order valence-electron chi connectivity index (χ4n) is 2.88. The number of nitrogens with zero attached hydrogens (tertiary/aromatic N) is 1. The summed E-state index contributed by atoms with van der Waals surface area (Å²) >= 11 is 0. The Balaban J connectivity index is 2.02. The number of carbonyl (C=O) groups is 1. The van der Waals surface area contributed by atoms with Crippen LogP contribution in [-0.2, 0) is 27.8 Å². The number of ether oxygens (including phenoxy) is 1. The van der Waals surface area contributed by atoms with Gasteiger partial charge in [-0.25, -0.2) is 8.42 Å². The van der Waals surface area contributed by atoms with Crippen molar-refractivity contribution in [2.24, 2.45) is 5.73 Å². The van der Waals surface area contributed by atoms with Gasteiger partial charge in [-0.1, -0.05) is 24.3 Å². The van der Waals surface area contributed by atoms with Crippen LogP contribution in [-0.4, -0.2) is 31.8 Å². The molecule has 1 aliphatic rings. The molecule has 126 valence electrons. The fourth-order valence-corrected chi connectivity index (χ4v) is 4.45. The van der Waals surface area contributed by atoms with E-state index in [4.69, 9.17) is 10.5 Å². The van der Waals surface area contributed by atoms with Gasteiger partial charge in [-0.05, 0) is 41.8 Å². The Bertz CT molecular complexity index is 862. The lowest BCUT2D eigenvalue weighted by molar-refractivity contribution is -0.122. The summed E-state index contributed by atoms with van der Waals surface area (Å²) in [4.78, 5) is 12.0. The highest BCUT2D eigenvalue weighted by atomic mass is 32.2. The zero-order valence-electron chi connectivity index (χ0n) is 13.2. The molecule has 0 unspecified atom stereocenters. The smallest absolute Gasteiger partial charge is 0.244 e. The summed E-state index contributed by atoms with van der Waals surface area (Å²) in [6, 6.07) is 12.7. The lowest BCUT2D eigenvalue weighted by Crippen LogP contribution is -2.50. The molecule has 2 aromatic carbocycles. The molecule has 0 saturated heterocycles. The minimum absolute atomic E-state index is 0.105. The van der Waals surface area contributed by atoms with E-state index in [1.54, 1.807) is 12.1 Å². The number of benzene rings is 2. The van der Waals surface area contributed by atoms with Crippen molar-refractivity contribution in [3.8, 4) is 5.75 Å². The number of hydrogen-bond donors (Lipinski definition) is 1. The Morgan fingerprint density at radius 2 is 1.75 bits per heavy atom. The second-order valence-electron chi connectivity index (χ2n) is 5.62. The highest BCUT2D eigenvalue weighted by Gasteiger charge is 2.38. The Hall–Kier alpha value is -2.38. The topological polar surface area (TPSA) is 89.7 Å². The van der Waals surface area contributed by atoms with Crippen LogP contribution in [0.4, 0.5) is 0 Å². The van der Waals surface area contributed by atoms with E-state index in [-0.39, 0.29) is 17.9 Å². The van der Waals surface area contributed by atoms with Crippen LogP contribution in [0, 0.1) is 0 Å². The summed E-state index contributed by atoms with van der Waals surface area (Å²) in [5.74, 6) is -0.0917. The van der Waals surface area contributed by atoms with Gasteiger partial charge in [-0.2, -0.15) is 4.31 Å². The van der Waals surface area contributed by atoms with Gasteiger partial charge >= 0.3 is 0 Å². The first-order chi connectivity index (χ1) is 11.4. The van der Waals surface area contributed by atoms with Crippen molar-refractivity contribution in [2.75, 3.05) is 7.11 Å². The van der Waals surface area contributed by atoms with Crippen LogP contribution in [0.5, 0.6) is 5.75 Å². The predicted molar refractivity (Wildman–Crippen MR) is 88.9 cm³/mol. The normalized spacial score (nSPS) is 18.0. The number of nitrogens with two attached hydrogens (primary N) is 1. The summed E-state index contributed by atoms with van der Waals surface area (Å²) < 4.78 is 32.2. The van der Waals surface area contributed by atoms with Crippen LogP contribution in [0.2, 0.25) is 0 Å². The van der Waals surface area contributed by atoms with Crippen LogP contribution < -0.4 is 10.5 Å². The zero-order valence-corrected chi connectivity index (χ0v) is 14.0. The average Bonchev–Trinajstić information content (AvgIpc) is 2.60. The number of methoxy groups -OCH3 is 1. The van der Waals surface area contributed by atoms with Gasteiger partial charge in [0, 0.05) is 6.54 Å². The van der Waals surface area contributed by atoms with Crippen molar-refractivity contribution >= 4 is 15.9 Å². The molecule has 6 nitrogen and oxygen atoms in total. The highest BCUT2D eigenvalue weighted by molar-refractivity contribution is 7.89. The van der Waals surface area contributed by atoms with Gasteiger partial charge in [0.1, 0.15) is 11.8 Å². The van der Waals surface area contributed by atoms with Gasteiger partial charge in [0.2, 0.25) is 15.9 Å². The van der Waals surface area contributed by atoms with E-state index in [9.17, 15) is 13.2 Å². The first kappa shape index (κ1) is 16.5. The minimum Gasteiger partial charge on any atom is -0.497 e. The third-order valence-electron chi connectivity index (χ3n) is 4.20. The van der Waals surface area contributed by atoms with E-state index in [0.717, 1.165) is 11.1 Å². The van der Waals surface area contributed by atoms with Crippen LogP contribution in [0.15, 0.2) is 53.4 Å². The van der Waals surface area contributed by atoms with Crippen molar-refractivity contribution in [1.29, 1.82) is 0 Å². The molecule has 0 bridgehead atoms. The standard InChI is InChI=1S/C17H18N2O4S/c1-23-14-6-8-15(9-7-14)24(21,22)19-11-13-5-3-2-4-12(13)10-16(19)17(18)20/h2-9,16H,10-11H2,1H3,(H2,18,20)/t16-/m1/s1.